The maximum Gasteiger partial charge on any atom is 0.214 e. The summed E-state index contributed by atoms with van der Waals surface area (Å²) in [5, 5.41) is 3.21. The van der Waals surface area contributed by atoms with Crippen LogP contribution in [0.15, 0.2) is 24.3 Å². The van der Waals surface area contributed by atoms with E-state index in [0.29, 0.717) is 13.2 Å². The normalized spacial score (nSPS) is 13.4. The molecule has 6 heteroatoms. The predicted molar refractivity (Wildman–Crippen MR) is 81.5 cm³/mol. The van der Waals surface area contributed by atoms with E-state index < -0.39 is 10.0 Å². The molecule has 0 bridgehead atoms. The zero-order valence-electron chi connectivity index (χ0n) is 12.6. The zero-order valence-corrected chi connectivity index (χ0v) is 13.4. The van der Waals surface area contributed by atoms with E-state index in [1.54, 1.807) is 14.1 Å². The number of nitrogens with one attached hydrogen (secondary N) is 1. The molecule has 1 rings (SSSR count). The number of hydrogen-bond donors (Lipinski definition) is 1. The largest absolute Gasteiger partial charge is 0.494 e. The van der Waals surface area contributed by atoms with Crippen molar-refractivity contribution >= 4 is 10.0 Å². The van der Waals surface area contributed by atoms with Crippen molar-refractivity contribution in [1.29, 1.82) is 0 Å². The molecule has 1 atom stereocenters. The molecule has 0 amide bonds. The number of ether oxygens (including phenoxy) is 1. The quantitative estimate of drug-likeness (QED) is 0.793. The maximum atomic E-state index is 11.6. The van der Waals surface area contributed by atoms with Crippen LogP contribution >= 0.6 is 0 Å². The van der Waals surface area contributed by atoms with Gasteiger partial charge >= 0.3 is 0 Å². The fourth-order valence-electron chi connectivity index (χ4n) is 1.72. The van der Waals surface area contributed by atoms with E-state index in [4.69, 9.17) is 4.74 Å². The van der Waals surface area contributed by atoms with Crippen LogP contribution in [0.1, 0.15) is 25.5 Å². The Morgan fingerprint density at radius 3 is 2.35 bits per heavy atom. The van der Waals surface area contributed by atoms with Crippen molar-refractivity contribution in [2.45, 2.75) is 19.9 Å². The molecule has 0 radical (unpaired) electrons. The first-order valence-electron chi connectivity index (χ1n) is 6.73. The van der Waals surface area contributed by atoms with Crippen molar-refractivity contribution < 1.29 is 13.2 Å². The van der Waals surface area contributed by atoms with Gasteiger partial charge in [0.15, 0.2) is 0 Å². The van der Waals surface area contributed by atoms with Gasteiger partial charge in [0.05, 0.1) is 12.4 Å². The van der Waals surface area contributed by atoms with Crippen molar-refractivity contribution in [2.24, 2.45) is 0 Å². The Balaban J connectivity index is 2.49. The molecule has 0 saturated carbocycles. The van der Waals surface area contributed by atoms with Gasteiger partial charge in [-0.2, -0.15) is 0 Å². The Kier molecular flexibility index (Phi) is 6.45. The highest BCUT2D eigenvalue weighted by Crippen LogP contribution is 2.17. The lowest BCUT2D eigenvalue weighted by Gasteiger charge is -2.16. The van der Waals surface area contributed by atoms with Gasteiger partial charge in [-0.25, -0.2) is 12.7 Å². The number of nitrogens with zero attached hydrogens (tertiary/aromatic N) is 1. The lowest BCUT2D eigenvalue weighted by molar-refractivity contribution is 0.340. The van der Waals surface area contributed by atoms with Gasteiger partial charge < -0.3 is 10.1 Å². The van der Waals surface area contributed by atoms with Crippen molar-refractivity contribution in [3.05, 3.63) is 29.8 Å². The molecule has 20 heavy (non-hydrogen) atoms. The van der Waals surface area contributed by atoms with Crippen LogP contribution in [0.5, 0.6) is 5.75 Å². The third-order valence-corrected chi connectivity index (χ3v) is 4.89. The molecule has 0 spiro atoms. The zero-order chi connectivity index (χ0) is 15.2. The molecule has 0 aliphatic rings. The van der Waals surface area contributed by atoms with Crippen LogP contribution in [0.2, 0.25) is 0 Å². The second-order valence-corrected chi connectivity index (χ2v) is 7.08. The predicted octanol–water partition coefficient (Wildman–Crippen LogP) is 1.63. The molecule has 0 aliphatic carbocycles. The van der Waals surface area contributed by atoms with Crippen LogP contribution in [-0.4, -0.2) is 45.7 Å². The van der Waals surface area contributed by atoms with Crippen LogP contribution in [0.3, 0.4) is 0 Å². The topological polar surface area (TPSA) is 58.6 Å². The second-order valence-electron chi connectivity index (χ2n) is 4.78. The van der Waals surface area contributed by atoms with Gasteiger partial charge in [-0.05, 0) is 31.5 Å². The summed E-state index contributed by atoms with van der Waals surface area (Å²) in [4.78, 5) is 0. The molecule has 0 aromatic heterocycles. The molecule has 0 saturated heterocycles. The third-order valence-electron chi connectivity index (χ3n) is 3.06. The van der Waals surface area contributed by atoms with Crippen LogP contribution in [0, 0.1) is 0 Å². The highest BCUT2D eigenvalue weighted by atomic mass is 32.2. The van der Waals surface area contributed by atoms with Gasteiger partial charge in [0.1, 0.15) is 5.75 Å². The smallest absolute Gasteiger partial charge is 0.214 e. The van der Waals surface area contributed by atoms with Crippen molar-refractivity contribution in [3.63, 3.8) is 0 Å². The Labute approximate surface area is 122 Å². The average molecular weight is 300 g/mol. The summed E-state index contributed by atoms with van der Waals surface area (Å²) in [6.07, 6.45) is 0. The van der Waals surface area contributed by atoms with Crippen molar-refractivity contribution in [3.8, 4) is 5.75 Å². The van der Waals surface area contributed by atoms with Crippen LogP contribution in [-0.2, 0) is 10.0 Å². The fourth-order valence-corrected chi connectivity index (χ4v) is 2.47. The van der Waals surface area contributed by atoms with Gasteiger partial charge in [0.2, 0.25) is 10.0 Å². The monoisotopic (exact) mass is 300 g/mol. The summed E-state index contributed by atoms with van der Waals surface area (Å²) < 4.78 is 29.9. The van der Waals surface area contributed by atoms with E-state index in [1.807, 2.05) is 38.1 Å². The number of sulfonamides is 1. The molecule has 1 aromatic carbocycles. The third kappa shape index (κ3) is 5.11. The number of hydrogen-bond acceptors (Lipinski definition) is 4. The van der Waals surface area contributed by atoms with Gasteiger partial charge in [-0.3, -0.25) is 0 Å². The van der Waals surface area contributed by atoms with E-state index in [-0.39, 0.29) is 11.8 Å². The Hall–Kier alpha value is -1.11. The first-order chi connectivity index (χ1) is 9.36. The summed E-state index contributed by atoms with van der Waals surface area (Å²) in [6.45, 7) is 5.03. The summed E-state index contributed by atoms with van der Waals surface area (Å²) in [6, 6.07) is 7.93. The molecular formula is C14H24N2O3S. The molecule has 1 N–H and O–H groups in total. The molecule has 5 nitrogen and oxygen atoms in total. The van der Waals surface area contributed by atoms with Gasteiger partial charge in [-0.15, -0.1) is 0 Å². The molecule has 0 heterocycles. The van der Waals surface area contributed by atoms with Crippen LogP contribution < -0.4 is 10.1 Å². The van der Waals surface area contributed by atoms with E-state index >= 15 is 0 Å². The number of rotatable bonds is 8. The van der Waals surface area contributed by atoms with Crippen LogP contribution in [0.4, 0.5) is 0 Å². The van der Waals surface area contributed by atoms with Crippen molar-refractivity contribution in [2.75, 3.05) is 33.0 Å². The minimum absolute atomic E-state index is 0.0986. The van der Waals surface area contributed by atoms with Gasteiger partial charge in [0, 0.05) is 26.7 Å². The molecule has 0 fully saturated rings. The summed E-state index contributed by atoms with van der Waals surface area (Å²) in [5.41, 5.74) is 1.11. The highest BCUT2D eigenvalue weighted by Gasteiger charge is 2.13. The Morgan fingerprint density at radius 2 is 1.85 bits per heavy atom. The molecule has 0 aliphatic heterocycles. The molecular weight excluding hydrogens is 276 g/mol. The Morgan fingerprint density at radius 1 is 1.25 bits per heavy atom. The maximum absolute atomic E-state index is 11.6. The standard InChI is InChI=1S/C14H24N2O3S/c1-5-19-14-8-6-13(7-9-14)12(2)15-10-11-20(17,18)16(3)4/h6-9,12,15H,5,10-11H2,1-4H3. The van der Waals surface area contributed by atoms with Crippen LogP contribution in [0.25, 0.3) is 0 Å². The minimum atomic E-state index is -3.14. The second kappa shape index (κ2) is 7.61. The van der Waals surface area contributed by atoms with E-state index in [1.165, 1.54) is 4.31 Å². The lowest BCUT2D eigenvalue weighted by Crippen LogP contribution is -2.32. The summed E-state index contributed by atoms with van der Waals surface area (Å²) in [5.74, 6) is 0.945. The fraction of sp³-hybridized carbons (Fsp3) is 0.571. The van der Waals surface area contributed by atoms with E-state index in [2.05, 4.69) is 5.32 Å². The van der Waals surface area contributed by atoms with E-state index in [9.17, 15) is 8.42 Å². The van der Waals surface area contributed by atoms with Gasteiger partial charge in [-0.1, -0.05) is 12.1 Å². The lowest BCUT2D eigenvalue weighted by atomic mass is 10.1. The molecule has 114 valence electrons. The van der Waals surface area contributed by atoms with Crippen molar-refractivity contribution in [1.82, 2.24) is 9.62 Å². The van der Waals surface area contributed by atoms with Gasteiger partial charge in [0.25, 0.3) is 0 Å². The molecule has 1 unspecified atom stereocenters. The summed E-state index contributed by atoms with van der Waals surface area (Å²) in [7, 11) is -0.0456. The average Bonchev–Trinajstić information content (AvgIpc) is 2.39. The summed E-state index contributed by atoms with van der Waals surface area (Å²) >= 11 is 0. The SMILES string of the molecule is CCOc1ccc(C(C)NCCS(=O)(=O)N(C)C)cc1. The number of benzene rings is 1. The highest BCUT2D eigenvalue weighted by molar-refractivity contribution is 7.89. The van der Waals surface area contributed by atoms with E-state index in [0.717, 1.165) is 11.3 Å². The minimum Gasteiger partial charge on any atom is -0.494 e. The first-order valence-corrected chi connectivity index (χ1v) is 8.34. The molecule has 1 aromatic rings. The first kappa shape index (κ1) is 16.9. The Bertz CT molecular complexity index is 498.